The highest BCUT2D eigenvalue weighted by Gasteiger charge is 2.69. The summed E-state index contributed by atoms with van der Waals surface area (Å²) in [6.45, 7) is 13.4. The van der Waals surface area contributed by atoms with E-state index in [1.54, 1.807) is 13.8 Å². The van der Waals surface area contributed by atoms with Crippen LogP contribution in [0.3, 0.4) is 0 Å². The lowest BCUT2D eigenvalue weighted by Crippen LogP contribution is -2.64. The van der Waals surface area contributed by atoms with Gasteiger partial charge in [0, 0.05) is 24.2 Å². The van der Waals surface area contributed by atoms with E-state index in [-0.39, 0.29) is 11.5 Å². The van der Waals surface area contributed by atoms with E-state index in [4.69, 9.17) is 28.4 Å². The summed E-state index contributed by atoms with van der Waals surface area (Å²) in [4.78, 5) is 0. The molecular formula is C39H62O12. The Bertz CT molecular complexity index is 1320. The number of allylic oxidation sites excluding steroid dienone is 1. The van der Waals surface area contributed by atoms with Crippen molar-refractivity contribution in [2.24, 2.45) is 46.3 Å². The summed E-state index contributed by atoms with van der Waals surface area (Å²) in [5, 5.41) is 64.8. The normalized spacial score (nSPS) is 59.8. The molecule has 0 aromatic heterocycles. The lowest BCUT2D eigenvalue weighted by Gasteiger charge is -2.60. The number of aliphatic hydroxyl groups is 6. The van der Waals surface area contributed by atoms with Gasteiger partial charge in [0.15, 0.2) is 18.4 Å². The van der Waals surface area contributed by atoms with Gasteiger partial charge in [-0.25, -0.2) is 0 Å². The molecule has 290 valence electrons. The first kappa shape index (κ1) is 37.2. The molecule has 1 spiro atoms. The van der Waals surface area contributed by atoms with Crippen molar-refractivity contribution in [3.8, 4) is 0 Å². The molecule has 0 aromatic rings. The van der Waals surface area contributed by atoms with Crippen LogP contribution in [0.15, 0.2) is 11.6 Å². The summed E-state index contributed by atoms with van der Waals surface area (Å²) in [5.74, 6) is 2.06. The van der Waals surface area contributed by atoms with E-state index in [9.17, 15) is 30.6 Å². The van der Waals surface area contributed by atoms with E-state index in [1.165, 1.54) is 5.57 Å². The minimum Gasteiger partial charge on any atom is -0.393 e. The molecule has 3 unspecified atom stereocenters. The topological polar surface area (TPSA) is 177 Å². The number of rotatable bonds is 4. The number of fused-ring (bicyclic) bond motifs is 7. The standard InChI is InChI=1S/C39H62O12/c1-17-9-12-39(46-16-17)18(2)28-26(51-39)15-25-23-8-7-21-13-22(40)14-27(38(21,6)24(23)10-11-37(25,28)5)49-36-34(32(44)30(42)20(4)48-36)50-35-33(45)31(43)29(41)19(3)47-35/h7,17-20,22-36,40-45H,8-16H2,1-6H3/t17-,18-,19-,20-,22-,23?,24?,25?,26-,27+,28-,29-,30-,31+,32+,33+,34+,35-,36-,37-,38-,39+/m0/s1. The van der Waals surface area contributed by atoms with Crippen molar-refractivity contribution < 1.29 is 59.1 Å². The van der Waals surface area contributed by atoms with E-state index in [1.807, 2.05) is 0 Å². The predicted octanol–water partition coefficient (Wildman–Crippen LogP) is 2.39. The quantitative estimate of drug-likeness (QED) is 0.234. The molecule has 0 bridgehead atoms. The van der Waals surface area contributed by atoms with Gasteiger partial charge in [0.25, 0.3) is 0 Å². The molecule has 12 nitrogen and oxygen atoms in total. The third kappa shape index (κ3) is 5.67. The fourth-order valence-corrected chi connectivity index (χ4v) is 12.6. The fraction of sp³-hybridized carbons (Fsp3) is 0.949. The number of aliphatic hydroxyl groups excluding tert-OH is 6. The van der Waals surface area contributed by atoms with Gasteiger partial charge in [0.1, 0.15) is 36.6 Å². The van der Waals surface area contributed by atoms with Crippen molar-refractivity contribution >= 4 is 0 Å². The minimum atomic E-state index is -1.61. The molecule has 4 saturated heterocycles. The van der Waals surface area contributed by atoms with E-state index in [0.29, 0.717) is 48.3 Å². The summed E-state index contributed by atoms with van der Waals surface area (Å²) in [6, 6.07) is 0. The van der Waals surface area contributed by atoms with Crippen molar-refractivity contribution in [3.63, 3.8) is 0 Å². The first-order valence-electron chi connectivity index (χ1n) is 19.8. The smallest absolute Gasteiger partial charge is 0.187 e. The van der Waals surface area contributed by atoms with Crippen LogP contribution in [-0.2, 0) is 28.4 Å². The Morgan fingerprint density at radius 1 is 0.765 bits per heavy atom. The van der Waals surface area contributed by atoms with Crippen LogP contribution in [0.4, 0.5) is 0 Å². The zero-order valence-corrected chi connectivity index (χ0v) is 31.0. The molecule has 51 heavy (non-hydrogen) atoms. The van der Waals surface area contributed by atoms with Gasteiger partial charge >= 0.3 is 0 Å². The largest absolute Gasteiger partial charge is 0.393 e. The second-order valence-electron chi connectivity index (χ2n) is 18.3. The van der Waals surface area contributed by atoms with Crippen molar-refractivity contribution in [2.45, 2.75) is 178 Å². The third-order valence-electron chi connectivity index (χ3n) is 15.6. The molecular weight excluding hydrogens is 660 g/mol. The molecule has 8 rings (SSSR count). The van der Waals surface area contributed by atoms with Gasteiger partial charge in [-0.15, -0.1) is 0 Å². The first-order valence-corrected chi connectivity index (χ1v) is 19.8. The van der Waals surface area contributed by atoms with Gasteiger partial charge in [-0.1, -0.05) is 39.3 Å². The van der Waals surface area contributed by atoms with E-state index >= 15 is 0 Å². The van der Waals surface area contributed by atoms with Crippen LogP contribution in [0.25, 0.3) is 0 Å². The van der Waals surface area contributed by atoms with Gasteiger partial charge in [-0.05, 0) is 87.4 Å². The average Bonchev–Trinajstić information content (AvgIpc) is 3.54. The molecule has 7 fully saturated rings. The molecule has 22 atom stereocenters. The van der Waals surface area contributed by atoms with Crippen molar-refractivity contribution in [2.75, 3.05) is 6.61 Å². The Labute approximate surface area is 301 Å². The second kappa shape index (κ2) is 13.2. The predicted molar refractivity (Wildman–Crippen MR) is 182 cm³/mol. The molecule has 8 aliphatic rings. The van der Waals surface area contributed by atoms with Crippen LogP contribution in [0, 0.1) is 46.3 Å². The lowest BCUT2D eigenvalue weighted by molar-refractivity contribution is -0.371. The summed E-state index contributed by atoms with van der Waals surface area (Å²) < 4.78 is 38.4. The molecule has 4 aliphatic carbocycles. The Morgan fingerprint density at radius 3 is 2.18 bits per heavy atom. The van der Waals surface area contributed by atoms with Crippen LogP contribution in [0.2, 0.25) is 0 Å². The maximum absolute atomic E-state index is 11.3. The molecule has 0 radical (unpaired) electrons. The van der Waals surface area contributed by atoms with Crippen LogP contribution in [-0.4, -0.2) is 123 Å². The number of ether oxygens (including phenoxy) is 6. The molecule has 3 saturated carbocycles. The van der Waals surface area contributed by atoms with Crippen LogP contribution in [0.1, 0.15) is 92.9 Å². The second-order valence-corrected chi connectivity index (χ2v) is 18.3. The highest BCUT2D eigenvalue weighted by atomic mass is 16.8. The Kier molecular flexibility index (Phi) is 9.62. The van der Waals surface area contributed by atoms with E-state index < -0.39 is 84.8 Å². The molecule has 4 aliphatic heterocycles. The molecule has 12 heteroatoms. The summed E-state index contributed by atoms with van der Waals surface area (Å²) in [6.07, 6.45) is -4.22. The van der Waals surface area contributed by atoms with Crippen molar-refractivity contribution in [1.29, 1.82) is 0 Å². The first-order chi connectivity index (χ1) is 24.1. The monoisotopic (exact) mass is 722 g/mol. The SMILES string of the molecule is C[C@H]1CC[C@@]2(OC1)O[C@H]1CC3C4CC=C5C[C@H](O)C[C@@H](O[C@@H]6O[C@@H](C)[C@H](O)[C@@H](O)[C@H]6O[C@@H]6O[C@@H](C)[C@H](O)[C@@H](O)[C@H]6O)[C@]5(C)C4CC[C@]3(C)[C@H]1[C@@H]2C. The van der Waals surface area contributed by atoms with Gasteiger partial charge in [-0.2, -0.15) is 0 Å². The van der Waals surface area contributed by atoms with Crippen LogP contribution >= 0.6 is 0 Å². The number of hydrogen-bond acceptors (Lipinski definition) is 12. The average molecular weight is 723 g/mol. The van der Waals surface area contributed by atoms with Crippen LogP contribution < -0.4 is 0 Å². The van der Waals surface area contributed by atoms with Crippen molar-refractivity contribution in [1.82, 2.24) is 0 Å². The molecule has 0 amide bonds. The van der Waals surface area contributed by atoms with E-state index in [0.717, 1.165) is 45.1 Å². The maximum Gasteiger partial charge on any atom is 0.187 e. The van der Waals surface area contributed by atoms with Crippen LogP contribution in [0.5, 0.6) is 0 Å². The highest BCUT2D eigenvalue weighted by molar-refractivity contribution is 5.29. The maximum atomic E-state index is 11.3. The molecule has 0 aromatic carbocycles. The Morgan fingerprint density at radius 2 is 1.47 bits per heavy atom. The summed E-state index contributed by atoms with van der Waals surface area (Å²) in [5.41, 5.74) is 0.900. The third-order valence-corrected chi connectivity index (χ3v) is 15.6. The number of hydrogen-bond donors (Lipinski definition) is 6. The Balaban J connectivity index is 1.05. The fourth-order valence-electron chi connectivity index (χ4n) is 12.6. The van der Waals surface area contributed by atoms with Gasteiger partial charge in [0.05, 0.1) is 37.1 Å². The molecule has 4 heterocycles. The lowest BCUT2D eigenvalue weighted by atomic mass is 9.46. The molecule has 6 N–H and O–H groups in total. The van der Waals surface area contributed by atoms with E-state index in [2.05, 4.69) is 33.8 Å². The summed E-state index contributed by atoms with van der Waals surface area (Å²) in [7, 11) is 0. The zero-order chi connectivity index (χ0) is 36.4. The van der Waals surface area contributed by atoms with Crippen molar-refractivity contribution in [3.05, 3.63) is 11.6 Å². The summed E-state index contributed by atoms with van der Waals surface area (Å²) >= 11 is 0. The van der Waals surface area contributed by atoms with Gasteiger partial charge in [-0.3, -0.25) is 0 Å². The Hall–Kier alpha value is -0.740. The highest BCUT2D eigenvalue weighted by Crippen LogP contribution is 2.71. The van der Waals surface area contributed by atoms with Gasteiger partial charge in [0.2, 0.25) is 0 Å². The van der Waals surface area contributed by atoms with Gasteiger partial charge < -0.3 is 59.1 Å². The zero-order valence-electron chi connectivity index (χ0n) is 31.0. The minimum absolute atomic E-state index is 0.130.